The molecule has 86 valence electrons. The number of rotatable bonds is 3. The highest BCUT2D eigenvalue weighted by molar-refractivity contribution is 5.31. The lowest BCUT2D eigenvalue weighted by Crippen LogP contribution is -2.41. The molecule has 1 aliphatic heterocycles. The molecular formula is C14H19NO. The Morgan fingerprint density at radius 2 is 1.75 bits per heavy atom. The van der Waals surface area contributed by atoms with Gasteiger partial charge in [0.15, 0.2) is 0 Å². The molecule has 2 fully saturated rings. The average molecular weight is 217 g/mol. The second-order valence-electron chi connectivity index (χ2n) is 5.03. The Kier molecular flexibility index (Phi) is 2.70. The fourth-order valence-corrected chi connectivity index (χ4v) is 2.67. The first kappa shape index (κ1) is 10.3. The molecule has 1 aliphatic carbocycles. The van der Waals surface area contributed by atoms with Crippen LogP contribution < -0.4 is 0 Å². The lowest BCUT2D eigenvalue weighted by atomic mass is 9.95. The van der Waals surface area contributed by atoms with Gasteiger partial charge in [-0.3, -0.25) is 4.90 Å². The van der Waals surface area contributed by atoms with Gasteiger partial charge >= 0.3 is 0 Å². The van der Waals surface area contributed by atoms with Gasteiger partial charge in [-0.15, -0.1) is 0 Å². The van der Waals surface area contributed by atoms with Crippen molar-refractivity contribution in [3.8, 4) is 0 Å². The van der Waals surface area contributed by atoms with E-state index in [4.69, 9.17) is 4.74 Å². The van der Waals surface area contributed by atoms with Gasteiger partial charge in [0, 0.05) is 25.0 Å². The van der Waals surface area contributed by atoms with Crippen molar-refractivity contribution in [2.24, 2.45) is 0 Å². The van der Waals surface area contributed by atoms with Crippen molar-refractivity contribution in [1.82, 2.24) is 4.90 Å². The molecule has 16 heavy (non-hydrogen) atoms. The molecule has 0 bridgehead atoms. The molecular weight excluding hydrogens is 198 g/mol. The first-order valence-electron chi connectivity index (χ1n) is 6.25. The molecule has 0 atom stereocenters. The summed E-state index contributed by atoms with van der Waals surface area (Å²) in [5, 5.41) is 0. The molecule has 0 spiro atoms. The zero-order valence-electron chi connectivity index (χ0n) is 9.69. The molecule has 3 rings (SSSR count). The van der Waals surface area contributed by atoms with Crippen LogP contribution in [-0.4, -0.2) is 37.7 Å². The lowest BCUT2D eigenvalue weighted by molar-refractivity contribution is 0.0336. The van der Waals surface area contributed by atoms with E-state index in [9.17, 15) is 0 Å². The van der Waals surface area contributed by atoms with Crippen LogP contribution in [0.15, 0.2) is 30.3 Å². The number of benzene rings is 1. The van der Waals surface area contributed by atoms with Crippen molar-refractivity contribution < 1.29 is 4.74 Å². The van der Waals surface area contributed by atoms with E-state index in [0.29, 0.717) is 5.41 Å². The summed E-state index contributed by atoms with van der Waals surface area (Å²) in [4.78, 5) is 2.56. The third-order valence-electron chi connectivity index (χ3n) is 3.87. The van der Waals surface area contributed by atoms with E-state index in [1.165, 1.54) is 24.9 Å². The highest BCUT2D eigenvalue weighted by atomic mass is 16.5. The maximum Gasteiger partial charge on any atom is 0.0594 e. The first-order chi connectivity index (χ1) is 7.89. The number of hydrogen-bond donors (Lipinski definition) is 0. The van der Waals surface area contributed by atoms with Gasteiger partial charge in [0.25, 0.3) is 0 Å². The second kappa shape index (κ2) is 4.19. The molecule has 1 heterocycles. The molecule has 2 nitrogen and oxygen atoms in total. The maximum absolute atomic E-state index is 5.40. The molecule has 0 N–H and O–H groups in total. The van der Waals surface area contributed by atoms with Gasteiger partial charge in [0.1, 0.15) is 0 Å². The van der Waals surface area contributed by atoms with Gasteiger partial charge in [-0.25, -0.2) is 0 Å². The summed E-state index contributed by atoms with van der Waals surface area (Å²) >= 11 is 0. The predicted octanol–water partition coefficient (Wildman–Crippen LogP) is 2.05. The quantitative estimate of drug-likeness (QED) is 0.768. The van der Waals surface area contributed by atoms with Gasteiger partial charge < -0.3 is 4.74 Å². The van der Waals surface area contributed by atoms with Crippen molar-refractivity contribution in [2.45, 2.75) is 18.3 Å². The monoisotopic (exact) mass is 217 g/mol. The van der Waals surface area contributed by atoms with Crippen molar-refractivity contribution in [3.05, 3.63) is 35.9 Å². The summed E-state index contributed by atoms with van der Waals surface area (Å²) in [6.45, 7) is 5.25. The zero-order chi connectivity index (χ0) is 10.8. The summed E-state index contributed by atoms with van der Waals surface area (Å²) in [6, 6.07) is 11.0. The average Bonchev–Trinajstić information content (AvgIpc) is 3.13. The number of hydrogen-bond acceptors (Lipinski definition) is 2. The molecule has 0 unspecified atom stereocenters. The van der Waals surface area contributed by atoms with Crippen LogP contribution in [-0.2, 0) is 10.2 Å². The molecule has 1 saturated carbocycles. The third kappa shape index (κ3) is 2.00. The second-order valence-corrected chi connectivity index (χ2v) is 5.03. The molecule has 2 aliphatic rings. The Morgan fingerprint density at radius 3 is 2.38 bits per heavy atom. The summed E-state index contributed by atoms with van der Waals surface area (Å²) in [5.74, 6) is 0. The van der Waals surface area contributed by atoms with Gasteiger partial charge in [0.2, 0.25) is 0 Å². The van der Waals surface area contributed by atoms with Crippen molar-refractivity contribution in [3.63, 3.8) is 0 Å². The summed E-state index contributed by atoms with van der Waals surface area (Å²) < 4.78 is 5.40. The van der Waals surface area contributed by atoms with Gasteiger partial charge in [-0.1, -0.05) is 30.3 Å². The fraction of sp³-hybridized carbons (Fsp3) is 0.571. The van der Waals surface area contributed by atoms with E-state index < -0.39 is 0 Å². The predicted molar refractivity (Wildman–Crippen MR) is 64.6 cm³/mol. The number of morpholine rings is 1. The summed E-state index contributed by atoms with van der Waals surface area (Å²) in [7, 11) is 0. The van der Waals surface area contributed by atoms with E-state index in [1.54, 1.807) is 0 Å². The van der Waals surface area contributed by atoms with Crippen molar-refractivity contribution in [2.75, 3.05) is 32.8 Å². The first-order valence-corrected chi connectivity index (χ1v) is 6.25. The Morgan fingerprint density at radius 1 is 1.06 bits per heavy atom. The molecule has 1 aromatic carbocycles. The molecule has 0 radical (unpaired) electrons. The molecule has 1 saturated heterocycles. The normalized spacial score (nSPS) is 24.2. The van der Waals surface area contributed by atoms with E-state index in [1.807, 2.05) is 0 Å². The standard InChI is InChI=1S/C14H19NO/c1-2-4-13(5-3-1)14(6-7-14)12-15-8-10-16-11-9-15/h1-5H,6-12H2. The Balaban J connectivity index is 1.69. The van der Waals surface area contributed by atoms with Gasteiger partial charge in [-0.2, -0.15) is 0 Å². The van der Waals surface area contributed by atoms with E-state index in [0.717, 1.165) is 26.3 Å². The Bertz CT molecular complexity index is 339. The molecule has 0 aromatic heterocycles. The highest BCUT2D eigenvalue weighted by Crippen LogP contribution is 2.48. The largest absolute Gasteiger partial charge is 0.379 e. The lowest BCUT2D eigenvalue weighted by Gasteiger charge is -2.30. The van der Waals surface area contributed by atoms with Crippen LogP contribution in [0.1, 0.15) is 18.4 Å². The topological polar surface area (TPSA) is 12.5 Å². The minimum absolute atomic E-state index is 0.471. The van der Waals surface area contributed by atoms with Crippen LogP contribution >= 0.6 is 0 Å². The zero-order valence-corrected chi connectivity index (χ0v) is 9.69. The van der Waals surface area contributed by atoms with Crippen molar-refractivity contribution in [1.29, 1.82) is 0 Å². The number of nitrogens with zero attached hydrogens (tertiary/aromatic N) is 1. The fourth-order valence-electron chi connectivity index (χ4n) is 2.67. The van der Waals surface area contributed by atoms with Crippen LogP contribution in [0.3, 0.4) is 0 Å². The smallest absolute Gasteiger partial charge is 0.0594 e. The van der Waals surface area contributed by atoms with Crippen LogP contribution in [0.25, 0.3) is 0 Å². The third-order valence-corrected chi connectivity index (χ3v) is 3.87. The van der Waals surface area contributed by atoms with E-state index in [-0.39, 0.29) is 0 Å². The summed E-state index contributed by atoms with van der Waals surface area (Å²) in [5.41, 5.74) is 2.00. The van der Waals surface area contributed by atoms with E-state index >= 15 is 0 Å². The van der Waals surface area contributed by atoms with Crippen LogP contribution in [0, 0.1) is 0 Å². The molecule has 2 heteroatoms. The van der Waals surface area contributed by atoms with Gasteiger partial charge in [0.05, 0.1) is 13.2 Å². The molecule has 1 aromatic rings. The maximum atomic E-state index is 5.40. The Labute approximate surface area is 97.2 Å². The highest BCUT2D eigenvalue weighted by Gasteiger charge is 2.45. The molecule has 0 amide bonds. The van der Waals surface area contributed by atoms with Gasteiger partial charge in [-0.05, 0) is 18.4 Å². The van der Waals surface area contributed by atoms with Crippen LogP contribution in [0.5, 0.6) is 0 Å². The Hall–Kier alpha value is -0.860. The van der Waals surface area contributed by atoms with Crippen molar-refractivity contribution >= 4 is 0 Å². The van der Waals surface area contributed by atoms with Crippen LogP contribution in [0.2, 0.25) is 0 Å². The SMILES string of the molecule is c1ccc(C2(CN3CCOCC3)CC2)cc1. The minimum Gasteiger partial charge on any atom is -0.379 e. The number of ether oxygens (including phenoxy) is 1. The summed E-state index contributed by atoms with van der Waals surface area (Å²) in [6.07, 6.45) is 2.71. The minimum atomic E-state index is 0.471. The van der Waals surface area contributed by atoms with Crippen LogP contribution in [0.4, 0.5) is 0 Å². The van der Waals surface area contributed by atoms with E-state index in [2.05, 4.69) is 35.2 Å².